The Kier molecular flexibility index (Phi) is 6.69. The molecule has 0 unspecified atom stereocenters. The summed E-state index contributed by atoms with van der Waals surface area (Å²) in [5, 5.41) is 0. The third-order valence-corrected chi connectivity index (χ3v) is 7.66. The van der Waals surface area contributed by atoms with Crippen LogP contribution in [0.3, 0.4) is 0 Å². The second-order valence-electron chi connectivity index (χ2n) is 7.68. The maximum absolute atomic E-state index is 13.2. The molecule has 0 saturated carbocycles. The van der Waals surface area contributed by atoms with E-state index in [2.05, 4.69) is 29.2 Å². The molecule has 1 fully saturated rings. The van der Waals surface area contributed by atoms with Crippen molar-refractivity contribution in [2.24, 2.45) is 0 Å². The highest BCUT2D eigenvalue weighted by molar-refractivity contribution is 7.89. The first kappa shape index (κ1) is 22.2. The average molecular weight is 451 g/mol. The lowest BCUT2D eigenvalue weighted by Gasteiger charge is -2.39. The van der Waals surface area contributed by atoms with E-state index in [1.165, 1.54) is 34.7 Å². The zero-order chi connectivity index (χ0) is 22.6. The van der Waals surface area contributed by atoms with Crippen LogP contribution in [-0.4, -0.2) is 56.9 Å². The zero-order valence-corrected chi connectivity index (χ0v) is 18.7. The quantitative estimate of drug-likeness (QED) is 0.537. The van der Waals surface area contributed by atoms with Gasteiger partial charge in [-0.05, 0) is 29.3 Å². The van der Waals surface area contributed by atoms with Crippen molar-refractivity contribution in [3.8, 4) is 0 Å². The van der Waals surface area contributed by atoms with Crippen LogP contribution >= 0.6 is 0 Å². The molecule has 166 valence electrons. The van der Waals surface area contributed by atoms with E-state index in [0.29, 0.717) is 26.2 Å². The maximum Gasteiger partial charge on any atom is 0.337 e. The van der Waals surface area contributed by atoms with Gasteiger partial charge >= 0.3 is 5.97 Å². The molecule has 0 spiro atoms. The van der Waals surface area contributed by atoms with Crippen molar-refractivity contribution in [3.05, 3.63) is 102 Å². The molecule has 0 aliphatic carbocycles. The van der Waals surface area contributed by atoms with Crippen molar-refractivity contribution in [1.29, 1.82) is 0 Å². The van der Waals surface area contributed by atoms with Crippen molar-refractivity contribution in [2.45, 2.75) is 10.9 Å². The smallest absolute Gasteiger partial charge is 0.337 e. The SMILES string of the molecule is COC(=O)c1cccc(S(=O)(=O)N2CCN(C(c3ccccc3)c3ccccc3)CC2)c1. The van der Waals surface area contributed by atoms with Gasteiger partial charge in [0.05, 0.1) is 23.6 Å². The van der Waals surface area contributed by atoms with Crippen molar-refractivity contribution in [1.82, 2.24) is 9.21 Å². The number of hydrogen-bond acceptors (Lipinski definition) is 5. The molecule has 0 radical (unpaired) electrons. The minimum atomic E-state index is -3.71. The van der Waals surface area contributed by atoms with Gasteiger partial charge in [0.2, 0.25) is 10.0 Å². The highest BCUT2D eigenvalue weighted by atomic mass is 32.2. The number of methoxy groups -OCH3 is 1. The van der Waals surface area contributed by atoms with E-state index >= 15 is 0 Å². The Bertz CT molecular complexity index is 1120. The lowest BCUT2D eigenvalue weighted by Crippen LogP contribution is -2.49. The first-order valence-electron chi connectivity index (χ1n) is 10.5. The van der Waals surface area contributed by atoms with Gasteiger partial charge < -0.3 is 4.74 Å². The average Bonchev–Trinajstić information content (AvgIpc) is 2.85. The number of nitrogens with zero attached hydrogens (tertiary/aromatic N) is 2. The van der Waals surface area contributed by atoms with Crippen molar-refractivity contribution in [3.63, 3.8) is 0 Å². The van der Waals surface area contributed by atoms with Gasteiger partial charge in [0.15, 0.2) is 0 Å². The van der Waals surface area contributed by atoms with Crippen molar-refractivity contribution >= 4 is 16.0 Å². The number of esters is 1. The van der Waals surface area contributed by atoms with Crippen LogP contribution in [0.2, 0.25) is 0 Å². The third-order valence-electron chi connectivity index (χ3n) is 5.76. The molecule has 1 aliphatic heterocycles. The van der Waals surface area contributed by atoms with Gasteiger partial charge in [-0.25, -0.2) is 13.2 Å². The van der Waals surface area contributed by atoms with Gasteiger partial charge in [0, 0.05) is 26.2 Å². The topological polar surface area (TPSA) is 66.9 Å². The molecule has 1 heterocycles. The van der Waals surface area contributed by atoms with Crippen molar-refractivity contribution in [2.75, 3.05) is 33.3 Å². The number of carbonyl (C=O) groups excluding carboxylic acids is 1. The number of rotatable bonds is 6. The number of hydrogen-bond donors (Lipinski definition) is 0. The van der Waals surface area contributed by atoms with Crippen LogP contribution in [0.1, 0.15) is 27.5 Å². The van der Waals surface area contributed by atoms with Gasteiger partial charge in [0.1, 0.15) is 0 Å². The highest BCUT2D eigenvalue weighted by Gasteiger charge is 2.32. The molecule has 0 N–H and O–H groups in total. The van der Waals surface area contributed by atoms with E-state index in [-0.39, 0.29) is 16.5 Å². The summed E-state index contributed by atoms with van der Waals surface area (Å²) in [4.78, 5) is 14.2. The van der Waals surface area contributed by atoms with Crippen LogP contribution < -0.4 is 0 Å². The largest absolute Gasteiger partial charge is 0.465 e. The summed E-state index contributed by atoms with van der Waals surface area (Å²) >= 11 is 0. The predicted molar refractivity (Wildman–Crippen MR) is 123 cm³/mol. The fraction of sp³-hybridized carbons (Fsp3) is 0.240. The summed E-state index contributed by atoms with van der Waals surface area (Å²) in [7, 11) is -2.43. The number of piperazine rings is 1. The van der Waals surface area contributed by atoms with Crippen LogP contribution in [0.25, 0.3) is 0 Å². The lowest BCUT2D eigenvalue weighted by molar-refractivity contribution is 0.0600. The summed E-state index contributed by atoms with van der Waals surface area (Å²) in [5.74, 6) is -0.555. The molecule has 0 atom stereocenters. The van der Waals surface area contributed by atoms with Gasteiger partial charge in [-0.3, -0.25) is 4.90 Å². The Morgan fingerprint density at radius 2 is 1.38 bits per heavy atom. The summed E-state index contributed by atoms with van der Waals surface area (Å²) in [6.07, 6.45) is 0. The van der Waals surface area contributed by atoms with Crippen LogP contribution in [0.4, 0.5) is 0 Å². The summed E-state index contributed by atoms with van der Waals surface area (Å²) in [5.41, 5.74) is 2.59. The molecule has 6 nitrogen and oxygen atoms in total. The van der Waals surface area contributed by atoms with Crippen LogP contribution in [-0.2, 0) is 14.8 Å². The molecule has 1 aliphatic rings. The third kappa shape index (κ3) is 4.60. The number of ether oxygens (including phenoxy) is 1. The molecular formula is C25H26N2O4S. The molecular weight excluding hydrogens is 424 g/mol. The summed E-state index contributed by atoms with van der Waals surface area (Å²) < 4.78 is 32.7. The Labute approximate surface area is 189 Å². The van der Waals surface area contributed by atoms with E-state index in [0.717, 1.165) is 0 Å². The molecule has 0 aromatic heterocycles. The van der Waals surface area contributed by atoms with E-state index in [4.69, 9.17) is 4.74 Å². The van der Waals surface area contributed by atoms with E-state index in [9.17, 15) is 13.2 Å². The summed E-state index contributed by atoms with van der Waals surface area (Å²) in [6, 6.07) is 26.6. The molecule has 0 bridgehead atoms. The van der Waals surface area contributed by atoms with Gasteiger partial charge in [0.25, 0.3) is 0 Å². The highest BCUT2D eigenvalue weighted by Crippen LogP contribution is 2.30. The monoisotopic (exact) mass is 450 g/mol. The normalized spacial score (nSPS) is 15.6. The fourth-order valence-corrected chi connectivity index (χ4v) is 5.61. The lowest BCUT2D eigenvalue weighted by atomic mass is 9.96. The van der Waals surface area contributed by atoms with Gasteiger partial charge in [-0.1, -0.05) is 66.7 Å². The Balaban J connectivity index is 1.54. The zero-order valence-electron chi connectivity index (χ0n) is 17.9. The molecule has 4 rings (SSSR count). The standard InChI is InChI=1S/C25H26N2O4S/c1-31-25(28)22-13-8-14-23(19-22)32(29,30)27-17-15-26(16-18-27)24(20-9-4-2-5-10-20)21-11-6-3-7-12-21/h2-14,19,24H,15-18H2,1H3. The second-order valence-corrected chi connectivity index (χ2v) is 9.62. The van der Waals surface area contributed by atoms with Crippen LogP contribution in [0.5, 0.6) is 0 Å². The minimum absolute atomic E-state index is 0.0601. The fourth-order valence-electron chi connectivity index (χ4n) is 4.14. The molecule has 3 aromatic rings. The van der Waals surface area contributed by atoms with Gasteiger partial charge in [-0.2, -0.15) is 4.31 Å². The van der Waals surface area contributed by atoms with Gasteiger partial charge in [-0.15, -0.1) is 0 Å². The Morgan fingerprint density at radius 1 is 0.812 bits per heavy atom. The number of carbonyl (C=O) groups is 1. The Hall–Kier alpha value is -3.00. The molecule has 0 amide bonds. The number of benzene rings is 3. The van der Waals surface area contributed by atoms with Crippen molar-refractivity contribution < 1.29 is 17.9 Å². The number of sulfonamides is 1. The van der Waals surface area contributed by atoms with Crippen LogP contribution in [0.15, 0.2) is 89.8 Å². The maximum atomic E-state index is 13.2. The first-order chi connectivity index (χ1) is 15.5. The van der Waals surface area contributed by atoms with E-state index < -0.39 is 16.0 Å². The Morgan fingerprint density at radius 3 is 1.91 bits per heavy atom. The molecule has 32 heavy (non-hydrogen) atoms. The molecule has 7 heteroatoms. The van der Waals surface area contributed by atoms with E-state index in [1.807, 2.05) is 36.4 Å². The minimum Gasteiger partial charge on any atom is -0.465 e. The van der Waals surface area contributed by atoms with E-state index in [1.54, 1.807) is 12.1 Å². The predicted octanol–water partition coefficient (Wildman–Crippen LogP) is 3.57. The second kappa shape index (κ2) is 9.65. The molecule has 1 saturated heterocycles. The molecule has 3 aromatic carbocycles. The summed E-state index contributed by atoms with van der Waals surface area (Å²) in [6.45, 7) is 1.96. The first-order valence-corrected chi connectivity index (χ1v) is 12.0. The van der Waals surface area contributed by atoms with Crippen LogP contribution in [0, 0.1) is 0 Å².